The molecule has 108 valence electrons. The van der Waals surface area contributed by atoms with Crippen molar-refractivity contribution in [2.75, 3.05) is 19.5 Å². The first-order valence-electron chi connectivity index (χ1n) is 6.58. The molecule has 0 unspecified atom stereocenters. The number of hydrogen-bond acceptors (Lipinski definition) is 6. The van der Waals surface area contributed by atoms with Crippen LogP contribution in [0.4, 0.5) is 5.69 Å². The molecule has 2 rings (SSSR count). The lowest BCUT2D eigenvalue weighted by molar-refractivity contribution is 0.311. The summed E-state index contributed by atoms with van der Waals surface area (Å²) in [5.41, 5.74) is 7.26. The molecule has 0 spiro atoms. The Bertz CT molecular complexity index is 582. The highest BCUT2D eigenvalue weighted by Gasteiger charge is 2.15. The Morgan fingerprint density at radius 3 is 2.70 bits per heavy atom. The van der Waals surface area contributed by atoms with Crippen LogP contribution in [0.25, 0.3) is 11.4 Å². The average Bonchev–Trinajstić information content (AvgIpc) is 2.88. The lowest BCUT2D eigenvalue weighted by Crippen LogP contribution is -2.01. The molecule has 7 nitrogen and oxygen atoms in total. The van der Waals surface area contributed by atoms with Crippen LogP contribution in [0.3, 0.4) is 0 Å². The van der Waals surface area contributed by atoms with E-state index < -0.39 is 0 Å². The van der Waals surface area contributed by atoms with Gasteiger partial charge in [-0.25, -0.2) is 0 Å². The monoisotopic (exact) mass is 277 g/mol. The van der Waals surface area contributed by atoms with E-state index in [1.807, 2.05) is 6.92 Å². The molecule has 0 amide bonds. The van der Waals surface area contributed by atoms with Gasteiger partial charge in [-0.15, -0.1) is 10.2 Å². The molecule has 0 aliphatic heterocycles. The second-order valence-electron chi connectivity index (χ2n) is 4.23. The molecule has 1 heterocycles. The van der Waals surface area contributed by atoms with Gasteiger partial charge in [-0.3, -0.25) is 0 Å². The van der Waals surface area contributed by atoms with Gasteiger partial charge in [0.05, 0.1) is 20.3 Å². The molecule has 2 N–H and O–H groups in total. The quantitative estimate of drug-likeness (QED) is 0.809. The highest BCUT2D eigenvalue weighted by molar-refractivity contribution is 5.75. The van der Waals surface area contributed by atoms with Crippen LogP contribution in [-0.2, 0) is 6.54 Å². The predicted molar refractivity (Wildman–Crippen MR) is 75.7 cm³/mol. The zero-order chi connectivity index (χ0) is 14.5. The third-order valence-corrected chi connectivity index (χ3v) is 2.75. The summed E-state index contributed by atoms with van der Waals surface area (Å²) in [6, 6.07) is 3.49. The Balaban J connectivity index is 2.39. The van der Waals surface area contributed by atoms with Gasteiger partial charge in [0.1, 0.15) is 0 Å². The zero-order valence-corrected chi connectivity index (χ0v) is 12.0. The molecule has 0 radical (unpaired) electrons. The predicted octanol–water partition coefficient (Wildman–Crippen LogP) is 1.74. The molecule has 0 aliphatic rings. The minimum atomic E-state index is 0.484. The van der Waals surface area contributed by atoms with Crippen LogP contribution in [0.1, 0.15) is 20.3 Å². The molecule has 20 heavy (non-hydrogen) atoms. The summed E-state index contributed by atoms with van der Waals surface area (Å²) in [4.78, 5) is 1.55. The second-order valence-corrected chi connectivity index (χ2v) is 4.23. The zero-order valence-electron chi connectivity index (χ0n) is 12.0. The maximum Gasteiger partial charge on any atom is 0.207 e. The van der Waals surface area contributed by atoms with E-state index in [9.17, 15) is 0 Å². The molecule has 7 heteroatoms. The number of methoxy groups -OCH3 is 1. The third kappa shape index (κ3) is 2.81. The first-order chi connectivity index (χ1) is 9.69. The van der Waals surface area contributed by atoms with Crippen molar-refractivity contribution in [2.45, 2.75) is 26.8 Å². The Labute approximate surface area is 117 Å². The van der Waals surface area contributed by atoms with Gasteiger partial charge in [-0.05, 0) is 24.6 Å². The fourth-order valence-electron chi connectivity index (χ4n) is 1.84. The van der Waals surface area contributed by atoms with E-state index >= 15 is 0 Å². The van der Waals surface area contributed by atoms with E-state index in [2.05, 4.69) is 22.3 Å². The number of aryl methyl sites for hydroxylation is 1. The van der Waals surface area contributed by atoms with Gasteiger partial charge in [-0.1, -0.05) is 6.92 Å². The smallest absolute Gasteiger partial charge is 0.207 e. The summed E-state index contributed by atoms with van der Waals surface area (Å²) in [7, 11) is 1.58. The van der Waals surface area contributed by atoms with Crippen molar-refractivity contribution in [3.63, 3.8) is 0 Å². The number of hydrogen-bond donors (Lipinski definition) is 1. The van der Waals surface area contributed by atoms with Gasteiger partial charge in [0.2, 0.25) is 5.82 Å². The average molecular weight is 277 g/mol. The Kier molecular flexibility index (Phi) is 4.39. The van der Waals surface area contributed by atoms with Crippen LogP contribution in [0.5, 0.6) is 11.5 Å². The van der Waals surface area contributed by atoms with Crippen molar-refractivity contribution in [1.82, 2.24) is 20.2 Å². The van der Waals surface area contributed by atoms with Crippen LogP contribution >= 0.6 is 0 Å². The molecule has 0 fully saturated rings. The highest BCUT2D eigenvalue weighted by atomic mass is 16.5. The van der Waals surface area contributed by atoms with Crippen molar-refractivity contribution in [3.8, 4) is 22.9 Å². The lowest BCUT2D eigenvalue weighted by atomic mass is 10.1. The van der Waals surface area contributed by atoms with Gasteiger partial charge in [0.25, 0.3) is 0 Å². The molecular formula is C13H19N5O2. The van der Waals surface area contributed by atoms with Gasteiger partial charge < -0.3 is 15.2 Å². The number of tetrazole rings is 1. The topological polar surface area (TPSA) is 88.1 Å². The third-order valence-electron chi connectivity index (χ3n) is 2.75. The second kappa shape index (κ2) is 6.23. The molecule has 0 saturated carbocycles. The number of nitrogens with two attached hydrogens (primary N) is 1. The van der Waals surface area contributed by atoms with Crippen molar-refractivity contribution in [1.29, 1.82) is 0 Å². The van der Waals surface area contributed by atoms with Crippen molar-refractivity contribution in [2.24, 2.45) is 0 Å². The van der Waals surface area contributed by atoms with Crippen LogP contribution < -0.4 is 15.2 Å². The number of aromatic nitrogens is 4. The molecule has 1 aromatic carbocycles. The van der Waals surface area contributed by atoms with Crippen LogP contribution in [0.15, 0.2) is 12.1 Å². The number of nitrogen functional groups attached to an aromatic ring is 1. The fourth-order valence-corrected chi connectivity index (χ4v) is 1.84. The van der Waals surface area contributed by atoms with E-state index in [1.165, 1.54) is 0 Å². The molecule has 0 atom stereocenters. The maximum atomic E-state index is 6.04. The van der Waals surface area contributed by atoms with E-state index in [-0.39, 0.29) is 0 Å². The molecule has 1 aromatic heterocycles. The molecule has 0 aliphatic carbocycles. The van der Waals surface area contributed by atoms with Gasteiger partial charge >= 0.3 is 0 Å². The molecule has 0 bridgehead atoms. The summed E-state index contributed by atoms with van der Waals surface area (Å²) in [6.45, 7) is 5.22. The minimum Gasteiger partial charge on any atom is -0.493 e. The number of rotatable bonds is 6. The molecular weight excluding hydrogens is 258 g/mol. The molecule has 0 saturated heterocycles. The largest absolute Gasteiger partial charge is 0.493 e. The van der Waals surface area contributed by atoms with Crippen LogP contribution in [-0.4, -0.2) is 33.9 Å². The van der Waals surface area contributed by atoms with Gasteiger partial charge in [-0.2, -0.15) is 4.80 Å². The number of anilines is 1. The van der Waals surface area contributed by atoms with Crippen molar-refractivity contribution in [3.05, 3.63) is 12.1 Å². The Hall–Kier alpha value is -2.31. The summed E-state index contributed by atoms with van der Waals surface area (Å²) in [6.07, 6.45) is 0.942. The SMILES string of the molecule is CCCn1nnc(-c2cc(OC)c(OCC)cc2N)n1. The van der Waals surface area contributed by atoms with Gasteiger partial charge in [0.15, 0.2) is 11.5 Å². The van der Waals surface area contributed by atoms with E-state index in [1.54, 1.807) is 24.0 Å². The Morgan fingerprint density at radius 2 is 2.05 bits per heavy atom. The lowest BCUT2D eigenvalue weighted by Gasteiger charge is -2.11. The standard InChI is InChI=1S/C13H19N5O2/c1-4-6-18-16-13(15-17-18)9-7-11(19-3)12(20-5-2)8-10(9)14/h7-8H,4-6,14H2,1-3H3. The normalized spacial score (nSPS) is 10.6. The highest BCUT2D eigenvalue weighted by Crippen LogP contribution is 2.35. The van der Waals surface area contributed by atoms with E-state index in [0.29, 0.717) is 35.2 Å². The van der Waals surface area contributed by atoms with Crippen LogP contribution in [0.2, 0.25) is 0 Å². The fraction of sp³-hybridized carbons (Fsp3) is 0.462. The summed E-state index contributed by atoms with van der Waals surface area (Å²) < 4.78 is 10.8. The van der Waals surface area contributed by atoms with Crippen LogP contribution in [0, 0.1) is 0 Å². The number of nitrogens with zero attached hydrogens (tertiary/aromatic N) is 4. The first-order valence-corrected chi connectivity index (χ1v) is 6.58. The van der Waals surface area contributed by atoms with E-state index in [0.717, 1.165) is 13.0 Å². The summed E-state index contributed by atoms with van der Waals surface area (Å²) in [5, 5.41) is 12.3. The number of ether oxygens (including phenoxy) is 2. The first kappa shape index (κ1) is 14.1. The number of benzene rings is 1. The maximum absolute atomic E-state index is 6.04. The Morgan fingerprint density at radius 1 is 1.25 bits per heavy atom. The van der Waals surface area contributed by atoms with Gasteiger partial charge in [0, 0.05) is 17.3 Å². The van der Waals surface area contributed by atoms with Crippen molar-refractivity contribution < 1.29 is 9.47 Å². The molecule has 2 aromatic rings. The minimum absolute atomic E-state index is 0.484. The van der Waals surface area contributed by atoms with Crippen molar-refractivity contribution >= 4 is 5.69 Å². The van der Waals surface area contributed by atoms with E-state index in [4.69, 9.17) is 15.2 Å². The summed E-state index contributed by atoms with van der Waals surface area (Å²) in [5.74, 6) is 1.69. The summed E-state index contributed by atoms with van der Waals surface area (Å²) >= 11 is 0.